The maximum atomic E-state index is 12.1. The Hall–Kier alpha value is -2.21. The zero-order valence-electron chi connectivity index (χ0n) is 14.9. The highest BCUT2D eigenvalue weighted by atomic mass is 16.4. The minimum absolute atomic E-state index is 0.0155. The van der Waals surface area contributed by atoms with Gasteiger partial charge in [0.1, 0.15) is 0 Å². The van der Waals surface area contributed by atoms with Crippen LogP contribution in [0.2, 0.25) is 0 Å². The van der Waals surface area contributed by atoms with Crippen molar-refractivity contribution in [3.8, 4) is 0 Å². The van der Waals surface area contributed by atoms with Crippen LogP contribution in [0, 0.1) is 11.8 Å². The maximum Gasteiger partial charge on any atom is 0.307 e. The van der Waals surface area contributed by atoms with E-state index in [1.807, 2.05) is 18.2 Å². The van der Waals surface area contributed by atoms with Crippen molar-refractivity contribution in [2.75, 3.05) is 0 Å². The van der Waals surface area contributed by atoms with Gasteiger partial charge in [-0.25, -0.2) is 10.9 Å². The molecule has 0 radical (unpaired) electrons. The lowest BCUT2D eigenvalue weighted by Crippen LogP contribution is -2.53. The molecule has 5 nitrogen and oxygen atoms in total. The lowest BCUT2D eigenvalue weighted by atomic mass is 9.75. The maximum absolute atomic E-state index is 12.1. The van der Waals surface area contributed by atoms with E-state index in [0.717, 1.165) is 17.5 Å². The molecule has 0 spiro atoms. The van der Waals surface area contributed by atoms with Gasteiger partial charge in [0, 0.05) is 12.0 Å². The van der Waals surface area contributed by atoms with E-state index in [0.29, 0.717) is 6.42 Å². The molecule has 26 heavy (non-hydrogen) atoms. The highest BCUT2D eigenvalue weighted by Gasteiger charge is 2.49. The first-order chi connectivity index (χ1) is 12.7. The summed E-state index contributed by atoms with van der Waals surface area (Å²) in [7, 11) is 0. The number of nitrogens with one attached hydrogen (secondary N) is 3. The predicted molar refractivity (Wildman–Crippen MR) is 100 cm³/mol. The molecule has 0 aliphatic carbocycles. The molecule has 4 rings (SSSR count). The van der Waals surface area contributed by atoms with Crippen molar-refractivity contribution < 1.29 is 9.90 Å². The van der Waals surface area contributed by atoms with Gasteiger partial charge < -0.3 is 5.11 Å². The Balaban J connectivity index is 1.60. The molecule has 4 N–H and O–H groups in total. The molecular weight excluding hydrogens is 326 g/mol. The summed E-state index contributed by atoms with van der Waals surface area (Å²) in [5.41, 5.74) is 10.2. The molecule has 2 aromatic rings. The number of hydrazine groups is 1. The van der Waals surface area contributed by atoms with Crippen LogP contribution in [0.5, 0.6) is 0 Å². The molecule has 5 unspecified atom stereocenters. The molecule has 0 amide bonds. The van der Waals surface area contributed by atoms with Crippen LogP contribution in [-0.4, -0.2) is 17.2 Å². The van der Waals surface area contributed by atoms with Gasteiger partial charge in [-0.05, 0) is 29.5 Å². The Morgan fingerprint density at radius 2 is 1.77 bits per heavy atom. The summed E-state index contributed by atoms with van der Waals surface area (Å²) < 4.78 is 0. The van der Waals surface area contributed by atoms with Crippen LogP contribution in [0.4, 0.5) is 0 Å². The van der Waals surface area contributed by atoms with E-state index in [1.54, 1.807) is 0 Å². The summed E-state index contributed by atoms with van der Waals surface area (Å²) >= 11 is 0. The summed E-state index contributed by atoms with van der Waals surface area (Å²) in [6, 6.07) is 18.6. The second-order valence-corrected chi connectivity index (χ2v) is 7.23. The van der Waals surface area contributed by atoms with Gasteiger partial charge in [-0.1, -0.05) is 61.5 Å². The van der Waals surface area contributed by atoms with Gasteiger partial charge in [0.25, 0.3) is 0 Å². The summed E-state index contributed by atoms with van der Waals surface area (Å²) in [5.74, 6) is -1.17. The molecule has 0 bridgehead atoms. The number of fused-ring (bicyclic) bond motifs is 1. The van der Waals surface area contributed by atoms with Gasteiger partial charge in [0.2, 0.25) is 0 Å². The van der Waals surface area contributed by atoms with Crippen LogP contribution < -0.4 is 16.2 Å². The first kappa shape index (κ1) is 17.2. The molecule has 2 fully saturated rings. The molecule has 2 heterocycles. The number of aliphatic carboxylic acids is 1. The van der Waals surface area contributed by atoms with E-state index in [2.05, 4.69) is 59.5 Å². The standard InChI is InChI=1S/C21H25N3O2/c1-2-13-8-10-14(11-9-13)17-12-16(21(25)26)18-19(23-24-20(18)22-17)15-6-4-3-5-7-15/h3-11,16-20,22-24H,2,12H2,1H3,(H,25,26). The first-order valence-electron chi connectivity index (χ1n) is 9.31. The zero-order valence-corrected chi connectivity index (χ0v) is 14.9. The van der Waals surface area contributed by atoms with Crippen molar-refractivity contribution >= 4 is 5.97 Å². The SMILES string of the molecule is CCc1ccc(C2CC(C(=O)O)C3C(NNC3c3ccccc3)N2)cc1. The van der Waals surface area contributed by atoms with E-state index in [4.69, 9.17) is 0 Å². The highest BCUT2D eigenvalue weighted by molar-refractivity contribution is 5.71. The number of aryl methyl sites for hydroxylation is 1. The summed E-state index contributed by atoms with van der Waals surface area (Å²) in [6.07, 6.45) is 1.52. The van der Waals surface area contributed by atoms with Gasteiger partial charge in [0.05, 0.1) is 18.1 Å². The number of rotatable bonds is 4. The fourth-order valence-corrected chi connectivity index (χ4v) is 4.33. The third kappa shape index (κ3) is 3.14. The van der Waals surface area contributed by atoms with E-state index in [9.17, 15) is 9.90 Å². The quantitative estimate of drug-likeness (QED) is 0.682. The third-order valence-corrected chi connectivity index (χ3v) is 5.77. The lowest BCUT2D eigenvalue weighted by molar-refractivity contribution is -0.146. The number of carbonyl (C=O) groups is 1. The smallest absolute Gasteiger partial charge is 0.307 e. The van der Waals surface area contributed by atoms with Gasteiger partial charge in [-0.3, -0.25) is 10.1 Å². The fraction of sp³-hybridized carbons (Fsp3) is 0.381. The average molecular weight is 351 g/mol. The van der Waals surface area contributed by atoms with Crippen LogP contribution in [0.15, 0.2) is 54.6 Å². The second kappa shape index (κ2) is 7.19. The summed E-state index contributed by atoms with van der Waals surface area (Å²) in [6.45, 7) is 2.14. The molecule has 2 saturated heterocycles. The van der Waals surface area contributed by atoms with Crippen molar-refractivity contribution in [3.05, 3.63) is 71.3 Å². The topological polar surface area (TPSA) is 73.4 Å². The van der Waals surface area contributed by atoms with Gasteiger partial charge in [-0.2, -0.15) is 0 Å². The normalized spacial score (nSPS) is 30.7. The Morgan fingerprint density at radius 1 is 1.04 bits per heavy atom. The number of hydrogen-bond donors (Lipinski definition) is 4. The molecule has 0 saturated carbocycles. The van der Waals surface area contributed by atoms with E-state index in [1.165, 1.54) is 5.56 Å². The number of piperidine rings is 1. The van der Waals surface area contributed by atoms with Gasteiger partial charge >= 0.3 is 5.97 Å². The lowest BCUT2D eigenvalue weighted by Gasteiger charge is -2.39. The molecule has 5 heteroatoms. The monoisotopic (exact) mass is 351 g/mol. The Labute approximate surface area is 153 Å². The first-order valence-corrected chi connectivity index (χ1v) is 9.31. The molecule has 5 atom stereocenters. The van der Waals surface area contributed by atoms with Gasteiger partial charge in [0.15, 0.2) is 0 Å². The van der Waals surface area contributed by atoms with Crippen LogP contribution >= 0.6 is 0 Å². The van der Waals surface area contributed by atoms with Crippen LogP contribution in [0.25, 0.3) is 0 Å². The van der Waals surface area contributed by atoms with Crippen molar-refractivity contribution in [2.24, 2.45) is 11.8 Å². The number of carboxylic acid groups (broad SMARTS) is 1. The van der Waals surface area contributed by atoms with E-state index in [-0.39, 0.29) is 24.2 Å². The molecule has 0 aromatic heterocycles. The van der Waals surface area contributed by atoms with Crippen LogP contribution in [0.1, 0.15) is 42.1 Å². The summed E-state index contributed by atoms with van der Waals surface area (Å²) in [5, 5.41) is 13.5. The Bertz CT molecular complexity index is 763. The Morgan fingerprint density at radius 3 is 2.42 bits per heavy atom. The van der Waals surface area contributed by atoms with E-state index < -0.39 is 11.9 Å². The minimum Gasteiger partial charge on any atom is -0.481 e. The molecule has 2 aliphatic heterocycles. The van der Waals surface area contributed by atoms with Crippen molar-refractivity contribution in [2.45, 2.75) is 38.0 Å². The fourth-order valence-electron chi connectivity index (χ4n) is 4.33. The Kier molecular flexibility index (Phi) is 4.76. The predicted octanol–water partition coefficient (Wildman–Crippen LogP) is 2.78. The number of hydrogen-bond acceptors (Lipinski definition) is 4. The molecule has 2 aromatic carbocycles. The molecular formula is C21H25N3O2. The van der Waals surface area contributed by atoms with Gasteiger partial charge in [-0.15, -0.1) is 0 Å². The minimum atomic E-state index is -0.719. The van der Waals surface area contributed by atoms with Crippen LogP contribution in [-0.2, 0) is 11.2 Å². The van der Waals surface area contributed by atoms with Crippen molar-refractivity contribution in [1.82, 2.24) is 16.2 Å². The van der Waals surface area contributed by atoms with Crippen molar-refractivity contribution in [1.29, 1.82) is 0 Å². The van der Waals surface area contributed by atoms with Crippen molar-refractivity contribution in [3.63, 3.8) is 0 Å². The second-order valence-electron chi connectivity index (χ2n) is 7.23. The van der Waals surface area contributed by atoms with E-state index >= 15 is 0 Å². The number of carboxylic acids is 1. The molecule has 136 valence electrons. The zero-order chi connectivity index (χ0) is 18.1. The van der Waals surface area contributed by atoms with Crippen LogP contribution in [0.3, 0.4) is 0 Å². The third-order valence-electron chi connectivity index (χ3n) is 5.77. The highest BCUT2D eigenvalue weighted by Crippen LogP contribution is 2.42. The largest absolute Gasteiger partial charge is 0.481 e. The molecule has 2 aliphatic rings. The summed E-state index contributed by atoms with van der Waals surface area (Å²) in [4.78, 5) is 12.1. The number of benzene rings is 2. The average Bonchev–Trinajstić information content (AvgIpc) is 3.12.